The first-order chi connectivity index (χ1) is 11.5. The summed E-state index contributed by atoms with van der Waals surface area (Å²) in [6, 6.07) is 3.63. The van der Waals surface area contributed by atoms with Gasteiger partial charge in [0.1, 0.15) is 11.5 Å². The van der Waals surface area contributed by atoms with Crippen LogP contribution in [0, 0.1) is 0 Å². The average molecular weight is 329 g/mol. The largest absolute Gasteiger partial charge is 0.386 e. The van der Waals surface area contributed by atoms with Crippen molar-refractivity contribution in [2.75, 3.05) is 31.6 Å². The Morgan fingerprint density at radius 2 is 2.29 bits per heavy atom. The summed E-state index contributed by atoms with van der Waals surface area (Å²) in [6.07, 6.45) is 8.32. The second-order valence-electron chi connectivity index (χ2n) is 6.48. The molecule has 2 aromatic rings. The van der Waals surface area contributed by atoms with Crippen LogP contribution in [0.4, 0.5) is 5.82 Å². The molecule has 3 heterocycles. The van der Waals surface area contributed by atoms with Gasteiger partial charge in [-0.05, 0) is 25.0 Å². The fourth-order valence-electron chi connectivity index (χ4n) is 3.28. The van der Waals surface area contributed by atoms with Gasteiger partial charge in [-0.15, -0.1) is 0 Å². The zero-order valence-electron chi connectivity index (χ0n) is 14.1. The van der Waals surface area contributed by atoms with Crippen LogP contribution in [0.25, 0.3) is 0 Å². The van der Waals surface area contributed by atoms with Crippen molar-refractivity contribution in [3.05, 3.63) is 42.6 Å². The summed E-state index contributed by atoms with van der Waals surface area (Å²) in [5.41, 5.74) is -0.339. The number of hydrogen-bond acceptors (Lipinski definition) is 5. The molecule has 0 radical (unpaired) electrons. The molecule has 0 unspecified atom stereocenters. The molecule has 24 heavy (non-hydrogen) atoms. The lowest BCUT2D eigenvalue weighted by Gasteiger charge is -2.41. The number of carbonyl (C=O) groups is 1. The Balaban J connectivity index is 1.69. The molecule has 0 aliphatic carbocycles. The fraction of sp³-hybridized carbons (Fsp3) is 0.471. The van der Waals surface area contributed by atoms with E-state index in [1.165, 1.54) is 0 Å². The van der Waals surface area contributed by atoms with E-state index in [1.807, 2.05) is 24.2 Å². The Morgan fingerprint density at radius 1 is 1.46 bits per heavy atom. The van der Waals surface area contributed by atoms with Crippen LogP contribution in [0.2, 0.25) is 0 Å². The lowest BCUT2D eigenvalue weighted by molar-refractivity contribution is -0.000382. The highest BCUT2D eigenvalue weighted by Crippen LogP contribution is 2.25. The van der Waals surface area contributed by atoms with Gasteiger partial charge in [-0.25, -0.2) is 4.98 Å². The normalized spacial score (nSPS) is 20.9. The van der Waals surface area contributed by atoms with Gasteiger partial charge in [-0.2, -0.15) is 0 Å². The van der Waals surface area contributed by atoms with Crippen molar-refractivity contribution in [1.82, 2.24) is 19.4 Å². The maximum absolute atomic E-state index is 12.6. The average Bonchev–Trinajstić information content (AvgIpc) is 3.00. The third-order valence-electron chi connectivity index (χ3n) is 4.47. The van der Waals surface area contributed by atoms with Gasteiger partial charge in [-0.1, -0.05) is 0 Å². The first kappa shape index (κ1) is 16.4. The molecule has 7 heteroatoms. The third-order valence-corrected chi connectivity index (χ3v) is 4.47. The van der Waals surface area contributed by atoms with Crippen molar-refractivity contribution >= 4 is 11.7 Å². The quantitative estimate of drug-likeness (QED) is 0.903. The van der Waals surface area contributed by atoms with Gasteiger partial charge in [0, 0.05) is 45.8 Å². The number of aliphatic hydroxyl groups is 1. The molecule has 1 N–H and O–H groups in total. The molecule has 1 fully saturated rings. The van der Waals surface area contributed by atoms with Gasteiger partial charge in [0.25, 0.3) is 5.91 Å². The van der Waals surface area contributed by atoms with Gasteiger partial charge in [0.05, 0.1) is 18.3 Å². The smallest absolute Gasteiger partial charge is 0.270 e. The fourth-order valence-corrected chi connectivity index (χ4v) is 3.28. The summed E-state index contributed by atoms with van der Waals surface area (Å²) in [4.78, 5) is 24.6. The van der Waals surface area contributed by atoms with Crippen molar-refractivity contribution < 1.29 is 9.90 Å². The number of aryl methyl sites for hydroxylation is 1. The minimum atomic E-state index is -0.953. The molecule has 0 bridgehead atoms. The number of hydrogen-bond donors (Lipinski definition) is 1. The number of nitrogens with zero attached hydrogens (tertiary/aromatic N) is 5. The van der Waals surface area contributed by atoms with E-state index in [2.05, 4.69) is 9.97 Å². The van der Waals surface area contributed by atoms with E-state index in [-0.39, 0.29) is 12.5 Å². The number of aromatic nitrogens is 3. The van der Waals surface area contributed by atoms with Crippen LogP contribution >= 0.6 is 0 Å². The molecule has 128 valence electrons. The van der Waals surface area contributed by atoms with E-state index in [9.17, 15) is 9.90 Å². The molecule has 1 aliphatic heterocycles. The zero-order valence-corrected chi connectivity index (χ0v) is 14.1. The van der Waals surface area contributed by atoms with Crippen molar-refractivity contribution in [2.45, 2.75) is 18.4 Å². The van der Waals surface area contributed by atoms with Gasteiger partial charge in [0.15, 0.2) is 0 Å². The summed E-state index contributed by atoms with van der Waals surface area (Å²) >= 11 is 0. The van der Waals surface area contributed by atoms with Crippen LogP contribution in [0.3, 0.4) is 0 Å². The van der Waals surface area contributed by atoms with E-state index >= 15 is 0 Å². The molecule has 0 saturated carbocycles. The number of amides is 1. The Bertz CT molecular complexity index is 702. The van der Waals surface area contributed by atoms with Crippen LogP contribution in [0.15, 0.2) is 36.9 Å². The SMILES string of the molecule is CN(C[C@@]1(O)CCCN(c2cnccn2)C1)C(=O)c1cccn1C. The number of piperidine rings is 1. The molecule has 1 atom stereocenters. The minimum absolute atomic E-state index is 0.0902. The molecule has 1 amide bonds. The highest BCUT2D eigenvalue weighted by atomic mass is 16.3. The van der Waals surface area contributed by atoms with Crippen molar-refractivity contribution in [3.63, 3.8) is 0 Å². The summed E-state index contributed by atoms with van der Waals surface area (Å²) in [5.74, 6) is 0.666. The van der Waals surface area contributed by atoms with Gasteiger partial charge >= 0.3 is 0 Å². The predicted molar refractivity (Wildman–Crippen MR) is 90.8 cm³/mol. The Kier molecular flexibility index (Phi) is 4.53. The summed E-state index contributed by atoms with van der Waals surface area (Å²) in [6.45, 7) is 1.56. The maximum Gasteiger partial charge on any atom is 0.270 e. The predicted octanol–water partition coefficient (Wildman–Crippen LogP) is 0.919. The molecular weight excluding hydrogens is 306 g/mol. The maximum atomic E-state index is 12.6. The third kappa shape index (κ3) is 3.41. The van der Waals surface area contributed by atoms with E-state index in [0.717, 1.165) is 18.8 Å². The first-order valence-electron chi connectivity index (χ1n) is 8.09. The molecule has 3 rings (SSSR count). The van der Waals surface area contributed by atoms with Crippen LogP contribution in [-0.2, 0) is 7.05 Å². The molecule has 7 nitrogen and oxygen atoms in total. The number of likely N-dealkylation sites (N-methyl/N-ethyl adjacent to an activating group) is 1. The Morgan fingerprint density at radius 3 is 2.96 bits per heavy atom. The van der Waals surface area contributed by atoms with Gasteiger partial charge < -0.3 is 19.5 Å². The molecule has 0 spiro atoms. The Labute approximate surface area is 141 Å². The molecule has 1 aliphatic rings. The number of β-amino-alcohol motifs (C(OH)–C–C–N with tert-alkyl or cyclic N) is 1. The topological polar surface area (TPSA) is 74.5 Å². The standard InChI is InChI=1S/C17H23N5O2/c1-20-9-3-5-14(20)16(23)21(2)12-17(24)6-4-10-22(13-17)15-11-18-7-8-19-15/h3,5,7-9,11,24H,4,6,10,12-13H2,1-2H3/t17-/m0/s1. The molecule has 2 aromatic heterocycles. The number of anilines is 1. The molecule has 1 saturated heterocycles. The minimum Gasteiger partial charge on any atom is -0.386 e. The lowest BCUT2D eigenvalue weighted by Crippen LogP contribution is -2.55. The van der Waals surface area contributed by atoms with Gasteiger partial charge in [0.2, 0.25) is 0 Å². The monoisotopic (exact) mass is 329 g/mol. The van der Waals surface area contributed by atoms with E-state index in [4.69, 9.17) is 0 Å². The van der Waals surface area contributed by atoms with Crippen LogP contribution in [-0.4, -0.2) is 62.7 Å². The second kappa shape index (κ2) is 6.60. The summed E-state index contributed by atoms with van der Waals surface area (Å²) in [7, 11) is 3.57. The van der Waals surface area contributed by atoms with Gasteiger partial charge in [-0.3, -0.25) is 9.78 Å². The number of carbonyl (C=O) groups excluding carboxylic acids is 1. The highest BCUT2D eigenvalue weighted by Gasteiger charge is 2.36. The van der Waals surface area contributed by atoms with Crippen molar-refractivity contribution in [3.8, 4) is 0 Å². The molecule has 0 aromatic carbocycles. The number of rotatable bonds is 4. The van der Waals surface area contributed by atoms with Crippen LogP contribution in [0.1, 0.15) is 23.3 Å². The second-order valence-corrected chi connectivity index (χ2v) is 6.48. The van der Waals surface area contributed by atoms with Crippen LogP contribution in [0.5, 0.6) is 0 Å². The Hall–Kier alpha value is -2.41. The van der Waals surface area contributed by atoms with Crippen molar-refractivity contribution in [1.29, 1.82) is 0 Å². The van der Waals surface area contributed by atoms with E-state index in [0.29, 0.717) is 18.7 Å². The first-order valence-corrected chi connectivity index (χ1v) is 8.09. The molecular formula is C17H23N5O2. The summed E-state index contributed by atoms with van der Waals surface area (Å²) in [5, 5.41) is 11.0. The van der Waals surface area contributed by atoms with Crippen LogP contribution < -0.4 is 4.90 Å². The zero-order chi connectivity index (χ0) is 17.2. The van der Waals surface area contributed by atoms with Crippen molar-refractivity contribution in [2.24, 2.45) is 7.05 Å². The van der Waals surface area contributed by atoms with E-state index in [1.54, 1.807) is 41.2 Å². The summed E-state index contributed by atoms with van der Waals surface area (Å²) < 4.78 is 1.79. The van der Waals surface area contributed by atoms with E-state index < -0.39 is 5.60 Å². The lowest BCUT2D eigenvalue weighted by atomic mass is 9.92. The highest BCUT2D eigenvalue weighted by molar-refractivity contribution is 5.92.